The third-order valence-electron chi connectivity index (χ3n) is 9.83. The predicted octanol–water partition coefficient (Wildman–Crippen LogP) is 5.76. The summed E-state index contributed by atoms with van der Waals surface area (Å²) in [6, 6.07) is 19.6. The molecule has 1 unspecified atom stereocenters. The first-order chi connectivity index (χ1) is 27.9. The zero-order valence-electron chi connectivity index (χ0n) is 34.9. The van der Waals surface area contributed by atoms with Crippen molar-refractivity contribution in [3.05, 3.63) is 89.5 Å². The molecule has 4 atom stereocenters. The number of carbonyl (C=O) groups is 6. The van der Waals surface area contributed by atoms with Crippen LogP contribution < -0.4 is 32.3 Å². The SMILES string of the molecule is COC(=O)C(C)C[C@H](Cc1ccc(NC(=O)[C@H](CCCNC(N)=O)NC(=O)[C@@H](NC(=O)OCC2c3ccccc3-c3ccccc32)C(C)C)cc1)NC(=O)OC(C)(C)C. The number of ether oxygens (including phenoxy) is 3. The number of rotatable bonds is 18. The molecule has 4 rings (SSSR count). The molecular formula is C44H58N6O9. The van der Waals surface area contributed by atoms with Crippen LogP contribution in [0, 0.1) is 11.8 Å². The number of nitrogens with one attached hydrogen (secondary N) is 5. The Labute approximate surface area is 345 Å². The first kappa shape index (κ1) is 45.6. The molecule has 0 saturated carbocycles. The molecule has 6 amide bonds. The summed E-state index contributed by atoms with van der Waals surface area (Å²) < 4.78 is 16.0. The van der Waals surface area contributed by atoms with Crippen molar-refractivity contribution in [2.75, 3.05) is 25.6 Å². The number of hydrogen-bond acceptors (Lipinski definition) is 9. The van der Waals surface area contributed by atoms with E-state index in [0.29, 0.717) is 24.9 Å². The summed E-state index contributed by atoms with van der Waals surface area (Å²) in [7, 11) is 1.31. The van der Waals surface area contributed by atoms with Crippen molar-refractivity contribution >= 4 is 41.7 Å². The number of nitrogens with two attached hydrogens (primary N) is 1. The number of methoxy groups -OCH3 is 1. The summed E-state index contributed by atoms with van der Waals surface area (Å²) in [6.45, 7) is 10.8. The summed E-state index contributed by atoms with van der Waals surface area (Å²) in [5.74, 6) is -2.54. The molecule has 15 heteroatoms. The molecule has 0 heterocycles. The Hall–Kier alpha value is -6.12. The van der Waals surface area contributed by atoms with Gasteiger partial charge in [-0.05, 0) is 92.3 Å². The van der Waals surface area contributed by atoms with Gasteiger partial charge in [0.25, 0.3) is 0 Å². The number of amides is 6. The predicted molar refractivity (Wildman–Crippen MR) is 223 cm³/mol. The quantitative estimate of drug-likeness (QED) is 0.0523. The number of anilines is 1. The van der Waals surface area contributed by atoms with E-state index in [1.807, 2.05) is 48.5 Å². The Balaban J connectivity index is 1.41. The molecule has 0 saturated heterocycles. The number of hydrogen-bond donors (Lipinski definition) is 6. The standard InChI is InChI=1S/C44H58N6O9/c1-26(2)37(50-42(55)58-25-35-33-15-10-8-13-31(33)32-14-9-11-16-34(32)35)39(52)49-36(17-12-22-46-41(45)54)38(51)47-29-20-18-28(19-21-29)24-30(23-27(3)40(53)57-7)48-43(56)59-44(4,5)6/h8-11,13-16,18-21,26-27,30,35-37H,12,17,22-25H2,1-7H3,(H,47,51)(H,48,56)(H,49,52)(H,50,55)(H3,45,46,54)/t27?,30-,36+,37+/m1/s1. The van der Waals surface area contributed by atoms with Crippen LogP contribution in [0.15, 0.2) is 72.8 Å². The lowest BCUT2D eigenvalue weighted by atomic mass is 9.96. The van der Waals surface area contributed by atoms with Crippen LogP contribution in [0.5, 0.6) is 0 Å². The fourth-order valence-electron chi connectivity index (χ4n) is 6.98. The normalized spacial score (nSPS) is 14.0. The van der Waals surface area contributed by atoms with Crippen LogP contribution >= 0.6 is 0 Å². The Morgan fingerprint density at radius 1 is 0.780 bits per heavy atom. The summed E-state index contributed by atoms with van der Waals surface area (Å²) in [5.41, 5.74) is 10.0. The average Bonchev–Trinajstić information content (AvgIpc) is 3.49. The lowest BCUT2D eigenvalue weighted by Gasteiger charge is -2.26. The van der Waals surface area contributed by atoms with Crippen molar-refractivity contribution in [3.8, 4) is 11.1 Å². The Morgan fingerprint density at radius 2 is 1.39 bits per heavy atom. The van der Waals surface area contributed by atoms with Gasteiger partial charge in [0.1, 0.15) is 24.3 Å². The van der Waals surface area contributed by atoms with E-state index in [1.54, 1.807) is 65.8 Å². The first-order valence-corrected chi connectivity index (χ1v) is 19.9. The second-order valence-electron chi connectivity index (χ2n) is 16.1. The van der Waals surface area contributed by atoms with E-state index in [2.05, 4.69) is 26.6 Å². The van der Waals surface area contributed by atoms with Gasteiger partial charge in [0, 0.05) is 24.2 Å². The molecule has 0 aliphatic heterocycles. The summed E-state index contributed by atoms with van der Waals surface area (Å²) >= 11 is 0. The second-order valence-corrected chi connectivity index (χ2v) is 16.1. The van der Waals surface area contributed by atoms with Gasteiger partial charge in [-0.3, -0.25) is 14.4 Å². The topological polar surface area (TPSA) is 216 Å². The van der Waals surface area contributed by atoms with Gasteiger partial charge >= 0.3 is 24.2 Å². The minimum absolute atomic E-state index is 0.0660. The van der Waals surface area contributed by atoms with Gasteiger partial charge < -0.3 is 46.5 Å². The Morgan fingerprint density at radius 3 is 1.95 bits per heavy atom. The fourth-order valence-corrected chi connectivity index (χ4v) is 6.98. The number of carbonyl (C=O) groups excluding carboxylic acids is 6. The van der Waals surface area contributed by atoms with Crippen LogP contribution in [0.3, 0.4) is 0 Å². The molecule has 0 spiro atoms. The average molecular weight is 815 g/mol. The minimum atomic E-state index is -1.05. The van der Waals surface area contributed by atoms with E-state index in [4.69, 9.17) is 19.9 Å². The highest BCUT2D eigenvalue weighted by Gasteiger charge is 2.32. The van der Waals surface area contributed by atoms with Crippen LogP contribution in [0.25, 0.3) is 11.1 Å². The highest BCUT2D eigenvalue weighted by molar-refractivity contribution is 5.98. The highest BCUT2D eigenvalue weighted by Crippen LogP contribution is 2.44. The molecule has 0 aromatic heterocycles. The van der Waals surface area contributed by atoms with E-state index in [1.165, 1.54) is 7.11 Å². The maximum atomic E-state index is 13.7. The Kier molecular flexibility index (Phi) is 16.3. The lowest BCUT2D eigenvalue weighted by molar-refractivity contribution is -0.145. The smallest absolute Gasteiger partial charge is 0.407 e. The van der Waals surface area contributed by atoms with Gasteiger partial charge in [0.05, 0.1) is 13.0 Å². The van der Waals surface area contributed by atoms with Crippen molar-refractivity contribution in [1.29, 1.82) is 0 Å². The third kappa shape index (κ3) is 13.8. The van der Waals surface area contributed by atoms with Crippen molar-refractivity contribution < 1.29 is 43.0 Å². The van der Waals surface area contributed by atoms with E-state index >= 15 is 0 Å². The van der Waals surface area contributed by atoms with E-state index in [0.717, 1.165) is 27.8 Å². The van der Waals surface area contributed by atoms with Crippen molar-refractivity contribution in [2.24, 2.45) is 17.6 Å². The molecule has 15 nitrogen and oxygen atoms in total. The van der Waals surface area contributed by atoms with E-state index in [-0.39, 0.29) is 31.4 Å². The Bertz CT molecular complexity index is 1900. The molecular weight excluding hydrogens is 757 g/mol. The number of fused-ring (bicyclic) bond motifs is 3. The summed E-state index contributed by atoms with van der Waals surface area (Å²) in [4.78, 5) is 76.7. The van der Waals surface area contributed by atoms with Crippen LogP contribution in [-0.4, -0.2) is 80.0 Å². The highest BCUT2D eigenvalue weighted by atomic mass is 16.6. The number of urea groups is 1. The van der Waals surface area contributed by atoms with Gasteiger partial charge in [0.15, 0.2) is 0 Å². The molecule has 59 heavy (non-hydrogen) atoms. The molecule has 0 radical (unpaired) electrons. The zero-order valence-corrected chi connectivity index (χ0v) is 34.9. The van der Waals surface area contributed by atoms with Crippen molar-refractivity contribution in [3.63, 3.8) is 0 Å². The number of esters is 1. The summed E-state index contributed by atoms with van der Waals surface area (Å²) in [6.07, 6.45) is -0.284. The van der Waals surface area contributed by atoms with Crippen LogP contribution in [0.4, 0.5) is 20.1 Å². The largest absolute Gasteiger partial charge is 0.469 e. The van der Waals surface area contributed by atoms with Gasteiger partial charge in [-0.1, -0.05) is 81.4 Å². The van der Waals surface area contributed by atoms with Gasteiger partial charge in [0.2, 0.25) is 11.8 Å². The van der Waals surface area contributed by atoms with Gasteiger partial charge in [-0.25, -0.2) is 14.4 Å². The third-order valence-corrected chi connectivity index (χ3v) is 9.83. The molecule has 3 aromatic rings. The number of alkyl carbamates (subject to hydrolysis) is 2. The molecule has 318 valence electrons. The minimum Gasteiger partial charge on any atom is -0.469 e. The number of primary amides is 1. The first-order valence-electron chi connectivity index (χ1n) is 19.9. The van der Waals surface area contributed by atoms with Crippen LogP contribution in [0.2, 0.25) is 0 Å². The van der Waals surface area contributed by atoms with Crippen molar-refractivity contribution in [2.45, 2.75) is 96.9 Å². The van der Waals surface area contributed by atoms with Crippen LogP contribution in [0.1, 0.15) is 83.4 Å². The molecule has 7 N–H and O–H groups in total. The molecule has 0 fully saturated rings. The zero-order chi connectivity index (χ0) is 43.3. The monoisotopic (exact) mass is 814 g/mol. The molecule has 1 aliphatic rings. The second kappa shape index (κ2) is 21.0. The van der Waals surface area contributed by atoms with E-state index in [9.17, 15) is 28.8 Å². The van der Waals surface area contributed by atoms with Crippen LogP contribution in [-0.2, 0) is 35.0 Å². The maximum absolute atomic E-state index is 13.7. The molecule has 0 bridgehead atoms. The van der Waals surface area contributed by atoms with Crippen molar-refractivity contribution in [1.82, 2.24) is 21.3 Å². The lowest BCUT2D eigenvalue weighted by Crippen LogP contribution is -2.54. The van der Waals surface area contributed by atoms with Gasteiger partial charge in [-0.2, -0.15) is 0 Å². The molecule has 1 aliphatic carbocycles. The molecule has 3 aromatic carbocycles. The van der Waals surface area contributed by atoms with E-state index < -0.39 is 65.6 Å². The van der Waals surface area contributed by atoms with Gasteiger partial charge in [-0.15, -0.1) is 0 Å². The maximum Gasteiger partial charge on any atom is 0.407 e. The fraction of sp³-hybridized carbons (Fsp3) is 0.455. The number of benzene rings is 3. The summed E-state index contributed by atoms with van der Waals surface area (Å²) in [5, 5.41) is 13.7.